The van der Waals surface area contributed by atoms with Crippen LogP contribution in [0.15, 0.2) is 67.3 Å². The Labute approximate surface area is 203 Å². The largest absolute Gasteiger partial charge is 0.496 e. The van der Waals surface area contributed by atoms with Crippen LogP contribution in [0.25, 0.3) is 11.3 Å². The van der Waals surface area contributed by atoms with Gasteiger partial charge in [-0.05, 0) is 48.6 Å². The van der Waals surface area contributed by atoms with Crippen molar-refractivity contribution in [1.29, 1.82) is 5.26 Å². The first kappa shape index (κ1) is 23.5. The smallest absolute Gasteiger partial charge is 0.258 e. The fourth-order valence-electron chi connectivity index (χ4n) is 3.68. The number of aromatic nitrogens is 4. The van der Waals surface area contributed by atoms with E-state index in [1.54, 1.807) is 19.5 Å². The van der Waals surface area contributed by atoms with E-state index < -0.39 is 0 Å². The van der Waals surface area contributed by atoms with Crippen molar-refractivity contribution in [3.63, 3.8) is 0 Å². The summed E-state index contributed by atoms with van der Waals surface area (Å²) in [5.74, 6) is 0.633. The van der Waals surface area contributed by atoms with Crippen molar-refractivity contribution in [1.82, 2.24) is 19.9 Å². The number of nitriles is 1. The quantitative estimate of drug-likeness (QED) is 0.421. The molecule has 8 nitrogen and oxygen atoms in total. The number of amides is 1. The van der Waals surface area contributed by atoms with Crippen LogP contribution in [0, 0.1) is 18.3 Å². The third-order valence-electron chi connectivity index (χ3n) is 5.63. The number of nitrogens with one attached hydrogen (secondary N) is 1. The zero-order valence-corrected chi connectivity index (χ0v) is 19.7. The van der Waals surface area contributed by atoms with E-state index in [0.29, 0.717) is 12.1 Å². The van der Waals surface area contributed by atoms with Gasteiger partial charge in [-0.2, -0.15) is 5.26 Å². The minimum Gasteiger partial charge on any atom is -0.496 e. The number of ether oxygens (including phenoxy) is 1. The molecule has 4 aromatic rings. The third-order valence-corrected chi connectivity index (χ3v) is 5.63. The number of hydrogen-bond donors (Lipinski definition) is 1. The summed E-state index contributed by atoms with van der Waals surface area (Å²) in [5, 5.41) is 11.7. The molecule has 0 radical (unpaired) electrons. The zero-order chi connectivity index (χ0) is 24.8. The molecule has 0 unspecified atom stereocenters. The molecule has 174 valence electrons. The molecule has 0 aliphatic heterocycles. The molecule has 0 aliphatic carbocycles. The van der Waals surface area contributed by atoms with Crippen LogP contribution < -0.4 is 10.1 Å². The van der Waals surface area contributed by atoms with Crippen LogP contribution in [0.4, 0.5) is 5.69 Å². The van der Waals surface area contributed by atoms with E-state index in [0.717, 1.165) is 33.8 Å². The molecule has 1 N–H and O–H groups in total. The van der Waals surface area contributed by atoms with Gasteiger partial charge >= 0.3 is 0 Å². The van der Waals surface area contributed by atoms with Gasteiger partial charge in [-0.3, -0.25) is 9.78 Å². The van der Waals surface area contributed by atoms with E-state index in [9.17, 15) is 4.79 Å². The van der Waals surface area contributed by atoms with Gasteiger partial charge in [0, 0.05) is 29.8 Å². The van der Waals surface area contributed by atoms with Crippen LogP contribution in [0.1, 0.15) is 45.8 Å². The summed E-state index contributed by atoms with van der Waals surface area (Å²) in [4.78, 5) is 29.4. The zero-order valence-electron chi connectivity index (χ0n) is 19.7. The first-order valence-corrected chi connectivity index (χ1v) is 11.1. The highest BCUT2D eigenvalue weighted by molar-refractivity contribution is 6.03. The normalized spacial score (nSPS) is 11.4. The minimum absolute atomic E-state index is 0.0195. The highest BCUT2D eigenvalue weighted by Gasteiger charge is 2.13. The Kier molecular flexibility index (Phi) is 7.07. The lowest BCUT2D eigenvalue weighted by Gasteiger charge is -2.14. The predicted octanol–water partition coefficient (Wildman–Crippen LogP) is 4.72. The highest BCUT2D eigenvalue weighted by Crippen LogP contribution is 2.27. The molecule has 1 amide bonds. The number of anilines is 1. The number of aryl methyl sites for hydroxylation is 1. The van der Waals surface area contributed by atoms with E-state index in [1.807, 2.05) is 55.5 Å². The number of nitrogens with zero attached hydrogens (tertiary/aromatic N) is 5. The van der Waals surface area contributed by atoms with E-state index in [-0.39, 0.29) is 23.2 Å². The molecule has 0 aliphatic rings. The van der Waals surface area contributed by atoms with Crippen molar-refractivity contribution >= 4 is 11.6 Å². The SMILES string of the molecule is COc1cc(-c2cncc(C[C@@H](C)c3cccc(NC(=O)c4cnc(C#N)nc4)c3)n2)ccc1C. The number of carbonyl (C=O) groups is 1. The van der Waals surface area contributed by atoms with Crippen LogP contribution in [0.5, 0.6) is 5.75 Å². The van der Waals surface area contributed by atoms with Gasteiger partial charge in [-0.25, -0.2) is 15.0 Å². The number of methoxy groups -OCH3 is 1. The summed E-state index contributed by atoms with van der Waals surface area (Å²) in [5.41, 5.74) is 5.68. The standard InChI is InChI=1S/C27H24N6O2/c1-17-7-8-20(11-25(17)35-3)24-16-29-15-23(32-24)9-18(2)19-5-4-6-22(10-19)33-27(34)21-13-30-26(12-28)31-14-21/h4-8,10-11,13-16,18H,9H2,1-3H3,(H,33,34)/t18-/m1/s1. The Morgan fingerprint density at radius 3 is 2.66 bits per heavy atom. The van der Waals surface area contributed by atoms with Gasteiger partial charge in [0.2, 0.25) is 5.82 Å². The molecule has 4 rings (SSSR count). The molecule has 0 spiro atoms. The van der Waals surface area contributed by atoms with Gasteiger partial charge in [0.25, 0.3) is 5.91 Å². The monoisotopic (exact) mass is 464 g/mol. The fraction of sp³-hybridized carbons (Fsp3) is 0.185. The lowest BCUT2D eigenvalue weighted by atomic mass is 9.95. The Morgan fingerprint density at radius 2 is 1.91 bits per heavy atom. The maximum atomic E-state index is 12.5. The molecule has 8 heteroatoms. The van der Waals surface area contributed by atoms with Crippen molar-refractivity contribution in [3.05, 3.63) is 95.5 Å². The second-order valence-electron chi connectivity index (χ2n) is 8.17. The van der Waals surface area contributed by atoms with Crippen LogP contribution in [0.2, 0.25) is 0 Å². The Hall–Kier alpha value is -4.64. The topological polar surface area (TPSA) is 114 Å². The average molecular weight is 465 g/mol. The molecule has 2 aromatic carbocycles. The molecular weight excluding hydrogens is 440 g/mol. The Morgan fingerprint density at radius 1 is 1.11 bits per heavy atom. The second-order valence-corrected chi connectivity index (χ2v) is 8.17. The molecule has 35 heavy (non-hydrogen) atoms. The lowest BCUT2D eigenvalue weighted by Crippen LogP contribution is -2.13. The van der Waals surface area contributed by atoms with E-state index >= 15 is 0 Å². The Balaban J connectivity index is 1.47. The number of benzene rings is 2. The number of rotatable bonds is 7. The first-order chi connectivity index (χ1) is 17.0. The number of hydrogen-bond acceptors (Lipinski definition) is 7. The van der Waals surface area contributed by atoms with Gasteiger partial charge in [0.1, 0.15) is 11.8 Å². The fourth-order valence-corrected chi connectivity index (χ4v) is 3.68. The van der Waals surface area contributed by atoms with Crippen LogP contribution in [-0.4, -0.2) is 33.0 Å². The van der Waals surface area contributed by atoms with Gasteiger partial charge in [0.05, 0.1) is 30.3 Å². The number of carbonyl (C=O) groups excluding carboxylic acids is 1. The van der Waals surface area contributed by atoms with E-state index in [1.165, 1.54) is 12.4 Å². The van der Waals surface area contributed by atoms with E-state index in [2.05, 4.69) is 27.2 Å². The van der Waals surface area contributed by atoms with Gasteiger partial charge in [-0.1, -0.05) is 31.2 Å². The summed E-state index contributed by atoms with van der Waals surface area (Å²) >= 11 is 0. The molecule has 0 saturated heterocycles. The average Bonchev–Trinajstić information content (AvgIpc) is 2.89. The van der Waals surface area contributed by atoms with Crippen molar-refractivity contribution in [2.45, 2.75) is 26.2 Å². The van der Waals surface area contributed by atoms with Crippen LogP contribution >= 0.6 is 0 Å². The minimum atomic E-state index is -0.341. The molecule has 2 aromatic heterocycles. The molecule has 0 saturated carbocycles. The summed E-state index contributed by atoms with van der Waals surface area (Å²) < 4.78 is 5.44. The van der Waals surface area contributed by atoms with Crippen molar-refractivity contribution in [3.8, 4) is 23.1 Å². The molecule has 0 bridgehead atoms. The molecular formula is C27H24N6O2. The predicted molar refractivity (Wildman–Crippen MR) is 132 cm³/mol. The lowest BCUT2D eigenvalue weighted by molar-refractivity contribution is 0.102. The van der Waals surface area contributed by atoms with Gasteiger partial charge < -0.3 is 10.1 Å². The van der Waals surface area contributed by atoms with Gasteiger partial charge in [-0.15, -0.1) is 0 Å². The summed E-state index contributed by atoms with van der Waals surface area (Å²) in [6, 6.07) is 15.5. The maximum absolute atomic E-state index is 12.5. The highest BCUT2D eigenvalue weighted by atomic mass is 16.5. The summed E-state index contributed by atoms with van der Waals surface area (Å²) in [6.07, 6.45) is 6.89. The van der Waals surface area contributed by atoms with E-state index in [4.69, 9.17) is 15.0 Å². The van der Waals surface area contributed by atoms with Crippen molar-refractivity contribution in [2.75, 3.05) is 12.4 Å². The second kappa shape index (κ2) is 10.5. The summed E-state index contributed by atoms with van der Waals surface area (Å²) in [7, 11) is 1.66. The molecule has 1 atom stereocenters. The summed E-state index contributed by atoms with van der Waals surface area (Å²) in [6.45, 7) is 4.11. The Bertz CT molecular complexity index is 1400. The van der Waals surface area contributed by atoms with Crippen LogP contribution in [-0.2, 0) is 6.42 Å². The maximum Gasteiger partial charge on any atom is 0.258 e. The van der Waals surface area contributed by atoms with Gasteiger partial charge in [0.15, 0.2) is 0 Å². The van der Waals surface area contributed by atoms with Crippen molar-refractivity contribution < 1.29 is 9.53 Å². The van der Waals surface area contributed by atoms with Crippen LogP contribution in [0.3, 0.4) is 0 Å². The molecule has 2 heterocycles. The van der Waals surface area contributed by atoms with Crippen molar-refractivity contribution in [2.24, 2.45) is 0 Å². The molecule has 0 fully saturated rings. The third kappa shape index (κ3) is 5.65. The first-order valence-electron chi connectivity index (χ1n) is 11.1.